The summed E-state index contributed by atoms with van der Waals surface area (Å²) in [5.74, 6) is -12.8. The summed E-state index contributed by atoms with van der Waals surface area (Å²) in [7, 11) is 1.43. The molecular weight excluding hydrogens is 1060 g/mol. The van der Waals surface area contributed by atoms with Crippen molar-refractivity contribution in [3.8, 4) is 5.75 Å². The second kappa shape index (κ2) is 34.2. The van der Waals surface area contributed by atoms with Crippen LogP contribution in [0.1, 0.15) is 124 Å². The molecule has 0 bridgehead atoms. The van der Waals surface area contributed by atoms with Crippen molar-refractivity contribution in [1.82, 2.24) is 57.5 Å². The largest absolute Gasteiger partial charge is 0.508 e. The number of likely N-dealkylation sites (N-methyl/N-ethyl adjacent to an activating group) is 1. The van der Waals surface area contributed by atoms with Crippen molar-refractivity contribution in [3.05, 3.63) is 41.7 Å². The highest BCUT2D eigenvalue weighted by Gasteiger charge is 2.35. The highest BCUT2D eigenvalue weighted by molar-refractivity contribution is 5.98. The van der Waals surface area contributed by atoms with Crippen molar-refractivity contribution in [2.45, 2.75) is 181 Å². The van der Waals surface area contributed by atoms with E-state index in [0.29, 0.717) is 31.2 Å². The lowest BCUT2D eigenvalue weighted by Gasteiger charge is -2.26. The topological polar surface area (TPSA) is 439 Å². The summed E-state index contributed by atoms with van der Waals surface area (Å²) in [6.07, 6.45) is 0.173. The molecule has 2 rings (SSSR count). The molecule has 0 spiro atoms. The zero-order valence-corrected chi connectivity index (χ0v) is 47.4. The number of hydrogen-bond donors (Lipinski definition) is 13. The molecule has 0 saturated heterocycles. The van der Waals surface area contributed by atoms with E-state index in [-0.39, 0.29) is 49.1 Å². The molecule has 1 aromatic carbocycles. The van der Waals surface area contributed by atoms with Gasteiger partial charge in [-0.05, 0) is 74.5 Å². The molecule has 0 aliphatic heterocycles. The first kappa shape index (κ1) is 69.1. The number of nitrogens with one attached hydrogen (secondary N) is 8. The highest BCUT2D eigenvalue weighted by Crippen LogP contribution is 2.20. The maximum Gasteiger partial charge on any atom is 0.326 e. The number of nitrogens with zero attached hydrogens (tertiary/aromatic N) is 3. The molecule has 0 aliphatic rings. The number of carboxylic acids is 3. The Morgan fingerprint density at radius 3 is 1.72 bits per heavy atom. The Hall–Kier alpha value is -8.04. The van der Waals surface area contributed by atoms with Crippen molar-refractivity contribution in [3.63, 3.8) is 0 Å². The molecule has 28 heteroatoms. The third-order valence-electron chi connectivity index (χ3n) is 13.3. The number of ketones is 1. The van der Waals surface area contributed by atoms with Gasteiger partial charge in [-0.3, -0.25) is 57.4 Å². The Kier molecular flexibility index (Phi) is 29.1. The van der Waals surface area contributed by atoms with Gasteiger partial charge in [-0.1, -0.05) is 65.3 Å². The van der Waals surface area contributed by atoms with Crippen LogP contribution in [0.3, 0.4) is 0 Å². The van der Waals surface area contributed by atoms with Gasteiger partial charge >= 0.3 is 17.9 Å². The van der Waals surface area contributed by atoms with Crippen LogP contribution in [-0.4, -0.2) is 162 Å². The standard InChI is InChI=1S/C53H82N12O16/c1-10-29(6)45(54)42(68)24-35(28(4)5)47(74)59-40(25-44(71)72)51(78)56-30(7)46(73)58-37(18-19-43(69)70)50(77)62-41(53(80)81)23-33-26-65(64-63-33)20-12-11-13-36(57-31(8)66)49(76)61-39(22-32-14-16-34(67)17-15-32)52(79)60-38(21-27(2)3)48(75)55-9/h14-17,26-30,35-41,45,67H,10-13,18-25,54H2,1-9H3,(H,55,75)(H,56,78)(H,57,66)(H,58,73)(H,59,74)(H,60,79)(H,61,76)(H,62,77)(H,69,70)(H,71,72)(H,80,81)/t29-,30-,35-,36+,37-,38-,39-,40-,41-,45-/m1/s1. The number of amides is 8. The lowest BCUT2D eigenvalue weighted by molar-refractivity contribution is -0.143. The Bertz CT molecular complexity index is 2500. The maximum atomic E-state index is 13.8. The van der Waals surface area contributed by atoms with Gasteiger partial charge < -0.3 is 68.7 Å². The van der Waals surface area contributed by atoms with Crippen LogP contribution in [0.15, 0.2) is 30.5 Å². The predicted molar refractivity (Wildman–Crippen MR) is 290 cm³/mol. The number of carbonyl (C=O) groups is 12. The molecule has 28 nitrogen and oxygen atoms in total. The minimum atomic E-state index is -1.73. The van der Waals surface area contributed by atoms with Gasteiger partial charge in [-0.15, -0.1) is 5.10 Å². The molecule has 450 valence electrons. The van der Waals surface area contributed by atoms with Crippen LogP contribution >= 0.6 is 0 Å². The number of carbonyl (C=O) groups excluding carboxylic acids is 9. The number of phenolic OH excluding ortho intramolecular Hbond substituents is 1. The van der Waals surface area contributed by atoms with Gasteiger partial charge in [0.15, 0.2) is 5.78 Å². The van der Waals surface area contributed by atoms with Gasteiger partial charge in [0.05, 0.1) is 18.2 Å². The highest BCUT2D eigenvalue weighted by atomic mass is 16.4. The molecule has 1 aromatic heterocycles. The number of aromatic hydroxyl groups is 1. The van der Waals surface area contributed by atoms with Crippen LogP contribution in [0, 0.1) is 23.7 Å². The monoisotopic (exact) mass is 1140 g/mol. The minimum absolute atomic E-state index is 0.0169. The Morgan fingerprint density at radius 1 is 0.617 bits per heavy atom. The van der Waals surface area contributed by atoms with Crippen LogP contribution in [0.4, 0.5) is 0 Å². The third-order valence-corrected chi connectivity index (χ3v) is 13.3. The quantitative estimate of drug-likeness (QED) is 0.0368. The van der Waals surface area contributed by atoms with E-state index < -0.39 is 157 Å². The minimum Gasteiger partial charge on any atom is -0.508 e. The summed E-state index contributed by atoms with van der Waals surface area (Å²) in [5.41, 5.74) is 6.75. The summed E-state index contributed by atoms with van der Waals surface area (Å²) >= 11 is 0. The van der Waals surface area contributed by atoms with Crippen LogP contribution in [0.5, 0.6) is 5.75 Å². The van der Waals surface area contributed by atoms with E-state index in [1.54, 1.807) is 32.9 Å². The van der Waals surface area contributed by atoms with E-state index >= 15 is 0 Å². The molecule has 10 atom stereocenters. The second-order valence-electron chi connectivity index (χ2n) is 20.9. The molecule has 14 N–H and O–H groups in total. The average molecular weight is 1140 g/mol. The third kappa shape index (κ3) is 24.9. The fraction of sp³-hybridized carbons (Fsp3) is 0.623. The summed E-state index contributed by atoms with van der Waals surface area (Å²) in [4.78, 5) is 155. The van der Waals surface area contributed by atoms with E-state index in [9.17, 15) is 78.0 Å². The van der Waals surface area contributed by atoms with Crippen molar-refractivity contribution in [1.29, 1.82) is 0 Å². The van der Waals surface area contributed by atoms with Gasteiger partial charge in [-0.25, -0.2) is 4.79 Å². The number of phenols is 1. The zero-order valence-electron chi connectivity index (χ0n) is 47.4. The van der Waals surface area contributed by atoms with E-state index in [1.165, 1.54) is 37.0 Å². The number of aromatic nitrogens is 3. The van der Waals surface area contributed by atoms with Gasteiger partial charge in [-0.2, -0.15) is 0 Å². The number of benzene rings is 1. The first-order valence-corrected chi connectivity index (χ1v) is 26.9. The Morgan fingerprint density at radius 2 is 1.17 bits per heavy atom. The summed E-state index contributed by atoms with van der Waals surface area (Å²) in [6.45, 7) is 13.3. The van der Waals surface area contributed by atoms with Crippen LogP contribution in [0.25, 0.3) is 0 Å². The lowest BCUT2D eigenvalue weighted by atomic mass is 9.85. The van der Waals surface area contributed by atoms with Crippen molar-refractivity contribution in [2.75, 3.05) is 7.05 Å². The predicted octanol–water partition coefficient (Wildman–Crippen LogP) is -0.806. The summed E-state index contributed by atoms with van der Waals surface area (Å²) < 4.78 is 1.37. The summed E-state index contributed by atoms with van der Waals surface area (Å²) in [6, 6.07) is -4.72. The molecule has 0 unspecified atom stereocenters. The SMILES string of the molecule is CC[C@@H](C)[C@@H](N)C(=O)C[C@@H](C(=O)N[C@H](CC(=O)O)C(=O)N[C@H](C)C(=O)N[C@H](CCC(=O)O)C(=O)N[C@H](Cc1cn(CCCC[C@H](NC(C)=O)C(=O)N[C@H](Cc2ccc(O)cc2)C(=O)N[C@H](CC(C)C)C(=O)NC)nn1)C(=O)O)C(C)C. The van der Waals surface area contributed by atoms with Gasteiger partial charge in [0.25, 0.3) is 0 Å². The Labute approximate surface area is 470 Å². The van der Waals surface area contributed by atoms with Crippen molar-refractivity contribution >= 4 is 70.9 Å². The van der Waals surface area contributed by atoms with Gasteiger partial charge in [0.1, 0.15) is 48.0 Å². The smallest absolute Gasteiger partial charge is 0.326 e. The normalized spacial score (nSPS) is 14.9. The first-order valence-electron chi connectivity index (χ1n) is 26.9. The summed E-state index contributed by atoms with van der Waals surface area (Å²) in [5, 5.41) is 66.6. The number of aliphatic carboxylic acids is 3. The maximum absolute atomic E-state index is 13.8. The molecule has 0 aliphatic carbocycles. The number of hydrogen-bond acceptors (Lipinski definition) is 16. The molecular formula is C53H82N12O16. The first-order chi connectivity index (χ1) is 38.0. The van der Waals surface area contributed by atoms with E-state index in [0.717, 1.165) is 6.92 Å². The van der Waals surface area contributed by atoms with Gasteiger partial charge in [0.2, 0.25) is 47.3 Å². The molecule has 0 fully saturated rings. The average Bonchev–Trinajstić information content (AvgIpc) is 3.86. The number of aryl methyl sites for hydroxylation is 1. The molecule has 2 aromatic rings. The van der Waals surface area contributed by atoms with Crippen molar-refractivity contribution < 1.29 is 78.0 Å². The molecule has 81 heavy (non-hydrogen) atoms. The van der Waals surface area contributed by atoms with Gasteiger partial charge in [0, 0.05) is 58.3 Å². The molecule has 0 saturated carbocycles. The number of carboxylic acid groups (broad SMARTS) is 3. The zero-order chi connectivity index (χ0) is 61.3. The molecule has 1 heterocycles. The van der Waals surface area contributed by atoms with E-state index in [4.69, 9.17) is 5.73 Å². The number of Topliss-reactive ketones (excluding diaryl/α,β-unsaturated/α-hetero) is 1. The fourth-order valence-electron chi connectivity index (χ4n) is 8.29. The lowest BCUT2D eigenvalue weighted by Crippen LogP contribution is -2.57. The second-order valence-corrected chi connectivity index (χ2v) is 20.9. The molecule has 8 amide bonds. The van der Waals surface area contributed by atoms with Crippen molar-refractivity contribution in [2.24, 2.45) is 29.4 Å². The Balaban J connectivity index is 2.16. The number of rotatable bonds is 37. The number of nitrogens with two attached hydrogens (primary N) is 1. The van der Waals surface area contributed by atoms with E-state index in [2.05, 4.69) is 52.8 Å². The van der Waals surface area contributed by atoms with Crippen LogP contribution in [0.2, 0.25) is 0 Å². The van der Waals surface area contributed by atoms with Crippen LogP contribution < -0.4 is 48.3 Å². The molecule has 0 radical (unpaired) electrons. The van der Waals surface area contributed by atoms with Crippen LogP contribution in [-0.2, 0) is 76.9 Å². The fourth-order valence-corrected chi connectivity index (χ4v) is 8.29. The van der Waals surface area contributed by atoms with E-state index in [1.807, 2.05) is 20.8 Å². The number of unbranched alkanes of at least 4 members (excludes halogenated alkanes) is 1.